The highest BCUT2D eigenvalue weighted by atomic mass is 79.9. The molecular formula is C92H66Br5Cl3N8O15. The van der Waals surface area contributed by atoms with Crippen molar-refractivity contribution in [2.45, 2.75) is 90.6 Å². The Morgan fingerprint density at radius 3 is 1.21 bits per heavy atom. The Hall–Kier alpha value is -11.8. The van der Waals surface area contributed by atoms with E-state index in [0.717, 1.165) is 38.6 Å². The van der Waals surface area contributed by atoms with Crippen LogP contribution in [0.1, 0.15) is 68.6 Å². The van der Waals surface area contributed by atoms with Crippen LogP contribution in [0.5, 0.6) is 0 Å². The molecule has 6 N–H and O–H groups in total. The molecule has 0 amide bonds. The summed E-state index contributed by atoms with van der Waals surface area (Å²) in [5, 5.41) is 73.5. The van der Waals surface area contributed by atoms with Crippen molar-refractivity contribution in [3.05, 3.63) is 299 Å². The van der Waals surface area contributed by atoms with Crippen LogP contribution in [-0.2, 0) is 56.7 Å². The standard InChI is InChI=1S/C24H19Br2NO3.C21H20BrClN2O3.2C16H9ClN2O3.C15H9Br2NO3/c1-13(2)14-3-5-15(6-4-14)16-7-10-20-18(11-16)24(30)17-8-9-19(25)22(26)23(17)27(20)12-21(28)29;22-19-16(23)9-8-15-20(19)25(11-18(26)27)17-10-13(6-7-14(17)21(15)28)24-12-4-2-1-3-5-12;17-14-9(7-18)5-6-11-15(14)19(8-13(20)21)12-4-2-1-3-10(12)16(11)22;17-12-6-5-10-15(11(12)7-18)19(8-14(20)21)13-4-2-1-3-9(13)16(10)22;16-10-6-5-9-14(13(10)17)18(7-12(19)20)11-4-2-1-3-8(11)15(9)21/h3-11,13H,12H2,1-2H3,(H,28,29);6-10,12,24H,1-5,11H2,(H,26,27);2*1-6H,8H2,(H,20,21);1-6H,7H2,(H,19,20). The van der Waals surface area contributed by atoms with E-state index in [9.17, 15) is 73.6 Å². The van der Waals surface area contributed by atoms with Crippen molar-refractivity contribution in [2.24, 2.45) is 0 Å². The van der Waals surface area contributed by atoms with Crippen LogP contribution in [0.15, 0.2) is 240 Å². The van der Waals surface area contributed by atoms with Gasteiger partial charge < -0.3 is 53.7 Å². The molecule has 16 aromatic rings. The number of aromatic nitrogens is 5. The van der Waals surface area contributed by atoms with Crippen LogP contribution >= 0.6 is 114 Å². The maximum Gasteiger partial charge on any atom is 0.323 e. The van der Waals surface area contributed by atoms with Crippen molar-refractivity contribution >= 4 is 259 Å². The first-order chi connectivity index (χ1) is 58.8. The smallest absolute Gasteiger partial charge is 0.323 e. The summed E-state index contributed by atoms with van der Waals surface area (Å²) in [5.74, 6) is -4.60. The molecule has 0 unspecified atom stereocenters. The van der Waals surface area contributed by atoms with Crippen LogP contribution in [-0.4, -0.2) is 84.3 Å². The Morgan fingerprint density at radius 2 is 0.756 bits per heavy atom. The van der Waals surface area contributed by atoms with E-state index in [1.165, 1.54) is 58.2 Å². The van der Waals surface area contributed by atoms with Gasteiger partial charge in [0.05, 0.1) is 94.8 Å². The lowest BCUT2D eigenvalue weighted by atomic mass is 9.95. The van der Waals surface area contributed by atoms with E-state index in [-0.39, 0.29) is 97.5 Å². The second kappa shape index (κ2) is 37.9. The lowest BCUT2D eigenvalue weighted by molar-refractivity contribution is -0.138. The van der Waals surface area contributed by atoms with Crippen LogP contribution < -0.4 is 32.5 Å². The number of nitriles is 2. The summed E-state index contributed by atoms with van der Waals surface area (Å²) in [4.78, 5) is 121. The van der Waals surface area contributed by atoms with Crippen molar-refractivity contribution in [3.8, 4) is 23.3 Å². The summed E-state index contributed by atoms with van der Waals surface area (Å²) in [6.45, 7) is 2.85. The highest BCUT2D eigenvalue weighted by molar-refractivity contribution is 9.13. The lowest BCUT2D eigenvalue weighted by Crippen LogP contribution is -2.22. The summed E-state index contributed by atoms with van der Waals surface area (Å²) < 4.78 is 11.2. The SMILES string of the molecule is CC(C)c1ccc(-c2ccc3c(c2)c(=O)c2ccc(Br)c(Br)c2n3CC(=O)O)cc1.N#Cc1c(Cl)ccc2c(=O)c3ccccc3n(CC(=O)O)c12.N#Cc1ccc2c(=O)c3ccccc3n(CC(=O)O)c2c1Cl.O=C(O)Cn1c2cc(NC3CCCCC3)ccc2c(=O)c2ccc(Cl)c(Br)c21.O=C(O)Cn1c2ccccc2c(=O)c2ccc(Br)c(Br)c21. The van der Waals surface area contributed by atoms with Crippen LogP contribution in [0.25, 0.3) is 120 Å². The van der Waals surface area contributed by atoms with Gasteiger partial charge in [0.25, 0.3) is 0 Å². The molecule has 0 atom stereocenters. The molecule has 123 heavy (non-hydrogen) atoms. The fourth-order valence-electron chi connectivity index (χ4n) is 15.4. The van der Waals surface area contributed by atoms with Gasteiger partial charge in [-0.1, -0.05) is 135 Å². The minimum Gasteiger partial charge on any atom is -0.480 e. The maximum atomic E-state index is 13.3. The number of halogens is 8. The normalized spacial score (nSPS) is 12.0. The van der Waals surface area contributed by atoms with E-state index < -0.39 is 29.8 Å². The molecule has 0 aliphatic heterocycles. The molecule has 31 heteroatoms. The van der Waals surface area contributed by atoms with E-state index in [0.29, 0.717) is 123 Å². The number of hydrogen-bond donors (Lipinski definition) is 6. The second-order valence-corrected chi connectivity index (χ2v) is 34.2. The molecule has 620 valence electrons. The number of carboxylic acids is 5. The molecule has 1 saturated carbocycles. The summed E-state index contributed by atoms with van der Waals surface area (Å²) in [7, 11) is 0. The van der Waals surface area contributed by atoms with E-state index in [4.69, 9.17) is 45.2 Å². The molecule has 1 aliphatic carbocycles. The van der Waals surface area contributed by atoms with Crippen LogP contribution in [0.3, 0.4) is 0 Å². The van der Waals surface area contributed by atoms with E-state index in [2.05, 4.69) is 123 Å². The first kappa shape index (κ1) is 88.9. The second-order valence-electron chi connectivity index (χ2n) is 29.0. The van der Waals surface area contributed by atoms with E-state index >= 15 is 0 Å². The molecule has 0 radical (unpaired) electrons. The fraction of sp³-hybridized carbons (Fsp3) is 0.152. The number of aliphatic carboxylic acids is 5. The topological polar surface area (TPSA) is 356 Å². The third-order valence-electron chi connectivity index (χ3n) is 21.0. The molecule has 1 fully saturated rings. The van der Waals surface area contributed by atoms with Crippen molar-refractivity contribution in [2.75, 3.05) is 5.32 Å². The van der Waals surface area contributed by atoms with Gasteiger partial charge in [0.1, 0.15) is 44.9 Å². The number of nitrogens with one attached hydrogen (secondary N) is 1. The van der Waals surface area contributed by atoms with E-state index in [1.807, 2.05) is 42.5 Å². The lowest BCUT2D eigenvalue weighted by Gasteiger charge is -2.24. The number of rotatable bonds is 14. The zero-order chi connectivity index (χ0) is 88.3. The number of nitrogens with zero attached hydrogens (tertiary/aromatic N) is 7. The monoisotopic (exact) mass is 2020 g/mol. The van der Waals surface area contributed by atoms with Gasteiger partial charge in [-0.05, 0) is 242 Å². The van der Waals surface area contributed by atoms with Crippen LogP contribution in [0.4, 0.5) is 5.69 Å². The van der Waals surface area contributed by atoms with Crippen molar-refractivity contribution in [1.29, 1.82) is 10.5 Å². The highest BCUT2D eigenvalue weighted by Gasteiger charge is 2.25. The number of anilines is 1. The number of hydrogen-bond acceptors (Lipinski definition) is 13. The van der Waals surface area contributed by atoms with Crippen molar-refractivity contribution in [3.63, 3.8) is 0 Å². The third kappa shape index (κ3) is 18.2. The zero-order valence-electron chi connectivity index (χ0n) is 64.7. The zero-order valence-corrected chi connectivity index (χ0v) is 74.9. The molecule has 5 heterocycles. The largest absolute Gasteiger partial charge is 0.480 e. The first-order valence-corrected chi connectivity index (χ1v) is 42.9. The summed E-state index contributed by atoms with van der Waals surface area (Å²) in [5.41, 5.74) is 8.44. The predicted octanol–water partition coefficient (Wildman–Crippen LogP) is 21.2. The average Bonchev–Trinajstić information content (AvgIpc) is 0.741. The maximum absolute atomic E-state index is 13.3. The van der Waals surface area contributed by atoms with Crippen LogP contribution in [0.2, 0.25) is 15.1 Å². The van der Waals surface area contributed by atoms with Gasteiger partial charge in [0, 0.05) is 74.5 Å². The predicted molar refractivity (Wildman–Crippen MR) is 500 cm³/mol. The Labute approximate surface area is 754 Å². The van der Waals surface area contributed by atoms with Crippen molar-refractivity contribution < 1.29 is 49.5 Å². The number of fused-ring (bicyclic) bond motifs is 10. The van der Waals surface area contributed by atoms with Gasteiger partial charge in [0.15, 0.2) is 27.1 Å². The Kier molecular flexibility index (Phi) is 27.4. The minimum atomic E-state index is -1.07. The summed E-state index contributed by atoms with van der Waals surface area (Å²) in [6, 6.07) is 60.5. The molecule has 0 spiro atoms. The summed E-state index contributed by atoms with van der Waals surface area (Å²) >= 11 is 35.7. The minimum absolute atomic E-state index is 0.0871. The average molecular weight is 2030 g/mol. The number of para-hydroxylation sites is 3. The molecule has 0 bridgehead atoms. The van der Waals surface area contributed by atoms with E-state index in [1.54, 1.807) is 129 Å². The molecular weight excluding hydrogens is 1960 g/mol. The van der Waals surface area contributed by atoms with Crippen LogP contribution in [0, 0.1) is 22.7 Å². The molecule has 5 aromatic heterocycles. The Balaban J connectivity index is 0.000000133. The van der Waals surface area contributed by atoms with Gasteiger partial charge in [0.2, 0.25) is 0 Å². The molecule has 0 saturated heterocycles. The van der Waals surface area contributed by atoms with Gasteiger partial charge in [-0.2, -0.15) is 10.5 Å². The molecule has 11 aromatic carbocycles. The van der Waals surface area contributed by atoms with Gasteiger partial charge in [-0.25, -0.2) is 0 Å². The molecule has 17 rings (SSSR count). The Morgan fingerprint density at radius 1 is 0.390 bits per heavy atom. The first-order valence-electron chi connectivity index (χ1n) is 37.8. The Bertz CT molecular complexity index is 7560. The quantitative estimate of drug-likeness (QED) is 0.0551. The van der Waals surface area contributed by atoms with Gasteiger partial charge in [-0.15, -0.1) is 0 Å². The van der Waals surface area contributed by atoms with Gasteiger partial charge >= 0.3 is 29.8 Å². The molecule has 23 nitrogen and oxygen atoms in total. The molecule has 1 aliphatic rings. The number of pyridine rings is 5. The number of carbonyl (C=O) groups is 5. The number of benzene rings is 11. The summed E-state index contributed by atoms with van der Waals surface area (Å²) in [6.07, 6.45) is 5.95. The third-order valence-corrected chi connectivity index (χ3v) is 27.0. The van der Waals surface area contributed by atoms with Crippen molar-refractivity contribution in [1.82, 2.24) is 22.8 Å². The fourth-order valence-corrected chi connectivity index (χ4v) is 18.4. The highest BCUT2D eigenvalue weighted by Crippen LogP contribution is 2.39. The number of carboxylic acid groups (broad SMARTS) is 5. The van der Waals surface area contributed by atoms with Gasteiger partial charge in [-0.3, -0.25) is 47.9 Å².